The molecule has 0 amide bonds. The van der Waals surface area contributed by atoms with Crippen molar-refractivity contribution in [3.8, 4) is 0 Å². The molecule has 0 bridgehead atoms. The average molecular weight is 270 g/mol. The monoisotopic (exact) mass is 269 g/mol. The maximum absolute atomic E-state index is 6.21. The normalized spacial score (nSPS) is 15.0. The van der Waals surface area contributed by atoms with Gasteiger partial charge in [0, 0.05) is 10.5 Å². The third-order valence-corrected chi connectivity index (χ3v) is 3.48. The second-order valence-corrected chi connectivity index (χ2v) is 5.27. The van der Waals surface area contributed by atoms with Gasteiger partial charge in [-0.2, -0.15) is 0 Å². The lowest BCUT2D eigenvalue weighted by atomic mass is 9.93. The molecular weight excluding hydrogens is 250 g/mol. The van der Waals surface area contributed by atoms with Gasteiger partial charge in [0.15, 0.2) is 0 Å². The molecule has 1 rings (SSSR count). The van der Waals surface area contributed by atoms with E-state index in [2.05, 4.69) is 54.9 Å². The summed E-state index contributed by atoms with van der Waals surface area (Å²) in [6.07, 6.45) is 2.27. The van der Waals surface area contributed by atoms with E-state index in [4.69, 9.17) is 5.73 Å². The van der Waals surface area contributed by atoms with Crippen LogP contribution in [-0.4, -0.2) is 0 Å². The first-order chi connectivity index (χ1) is 7.04. The number of hydrogen-bond acceptors (Lipinski definition) is 1. The zero-order chi connectivity index (χ0) is 11.4. The minimum absolute atomic E-state index is 0.174. The zero-order valence-electron chi connectivity index (χ0n) is 9.76. The van der Waals surface area contributed by atoms with Gasteiger partial charge in [-0.15, -0.1) is 0 Å². The molecule has 0 aromatic heterocycles. The first kappa shape index (κ1) is 12.7. The van der Waals surface area contributed by atoms with Crippen molar-refractivity contribution >= 4 is 15.9 Å². The van der Waals surface area contributed by atoms with E-state index in [-0.39, 0.29) is 6.04 Å². The lowest BCUT2D eigenvalue weighted by Crippen LogP contribution is -2.15. The summed E-state index contributed by atoms with van der Waals surface area (Å²) in [5, 5.41) is 0. The fourth-order valence-corrected chi connectivity index (χ4v) is 2.26. The van der Waals surface area contributed by atoms with Crippen molar-refractivity contribution in [3.63, 3.8) is 0 Å². The third-order valence-electron chi connectivity index (χ3n) is 2.98. The standard InChI is InChI=1S/C13H20BrN/c1-4-9(2)7-13(15)12-6-5-11(14)8-10(12)3/h5-6,8-9,13H,4,7,15H2,1-3H3. The Labute approximate surface area is 101 Å². The molecule has 0 radical (unpaired) electrons. The van der Waals surface area contributed by atoms with Gasteiger partial charge in [0.1, 0.15) is 0 Å². The smallest absolute Gasteiger partial charge is 0.0300 e. The maximum atomic E-state index is 6.21. The van der Waals surface area contributed by atoms with Crippen LogP contribution in [0.5, 0.6) is 0 Å². The molecule has 2 heteroatoms. The molecule has 84 valence electrons. The molecule has 2 N–H and O–H groups in total. The molecule has 0 aliphatic carbocycles. The second kappa shape index (κ2) is 5.66. The van der Waals surface area contributed by atoms with Gasteiger partial charge in [-0.3, -0.25) is 0 Å². The highest BCUT2D eigenvalue weighted by Gasteiger charge is 2.12. The van der Waals surface area contributed by atoms with Crippen molar-refractivity contribution in [2.75, 3.05) is 0 Å². The quantitative estimate of drug-likeness (QED) is 0.872. The summed E-state index contributed by atoms with van der Waals surface area (Å²) in [7, 11) is 0. The molecule has 0 aliphatic rings. The second-order valence-electron chi connectivity index (χ2n) is 4.36. The molecule has 2 unspecified atom stereocenters. The molecule has 0 saturated heterocycles. The molecule has 0 fully saturated rings. The molecule has 1 aromatic rings. The molecule has 0 heterocycles. The van der Waals surface area contributed by atoms with Gasteiger partial charge in [-0.1, -0.05) is 42.3 Å². The lowest BCUT2D eigenvalue weighted by molar-refractivity contribution is 0.460. The Bertz CT molecular complexity index is 322. The Morgan fingerprint density at radius 1 is 1.40 bits per heavy atom. The Hall–Kier alpha value is -0.340. The van der Waals surface area contributed by atoms with Crippen molar-refractivity contribution < 1.29 is 0 Å². The van der Waals surface area contributed by atoms with Gasteiger partial charge >= 0.3 is 0 Å². The van der Waals surface area contributed by atoms with E-state index < -0.39 is 0 Å². The number of benzene rings is 1. The number of rotatable bonds is 4. The molecule has 1 aromatic carbocycles. The molecule has 1 nitrogen and oxygen atoms in total. The number of aryl methyl sites for hydroxylation is 1. The number of hydrogen-bond donors (Lipinski definition) is 1. The van der Waals surface area contributed by atoms with E-state index in [0.29, 0.717) is 5.92 Å². The number of halogens is 1. The average Bonchev–Trinajstić information content (AvgIpc) is 2.17. The van der Waals surface area contributed by atoms with Crippen molar-refractivity contribution in [1.29, 1.82) is 0 Å². The largest absolute Gasteiger partial charge is 0.324 e. The van der Waals surface area contributed by atoms with Gasteiger partial charge in [0.25, 0.3) is 0 Å². The van der Waals surface area contributed by atoms with E-state index in [1.807, 2.05) is 0 Å². The van der Waals surface area contributed by atoms with Gasteiger partial charge in [-0.25, -0.2) is 0 Å². The van der Waals surface area contributed by atoms with E-state index in [0.717, 1.165) is 10.9 Å². The SMILES string of the molecule is CCC(C)CC(N)c1ccc(Br)cc1C. The van der Waals surface area contributed by atoms with E-state index in [9.17, 15) is 0 Å². The fraction of sp³-hybridized carbons (Fsp3) is 0.538. The van der Waals surface area contributed by atoms with Crippen molar-refractivity contribution in [1.82, 2.24) is 0 Å². The van der Waals surface area contributed by atoms with Crippen molar-refractivity contribution in [2.45, 2.75) is 39.7 Å². The van der Waals surface area contributed by atoms with E-state index >= 15 is 0 Å². The van der Waals surface area contributed by atoms with E-state index in [1.165, 1.54) is 17.5 Å². The zero-order valence-corrected chi connectivity index (χ0v) is 11.3. The highest BCUT2D eigenvalue weighted by molar-refractivity contribution is 9.10. The van der Waals surface area contributed by atoms with Crippen LogP contribution < -0.4 is 5.73 Å². The van der Waals surface area contributed by atoms with Gasteiger partial charge in [-0.05, 0) is 42.5 Å². The Balaban J connectivity index is 2.77. The lowest BCUT2D eigenvalue weighted by Gasteiger charge is -2.18. The van der Waals surface area contributed by atoms with Gasteiger partial charge < -0.3 is 5.73 Å². The highest BCUT2D eigenvalue weighted by atomic mass is 79.9. The number of nitrogens with two attached hydrogens (primary N) is 1. The summed E-state index contributed by atoms with van der Waals surface area (Å²) in [5.74, 6) is 0.697. The van der Waals surface area contributed by atoms with Crippen LogP contribution >= 0.6 is 15.9 Å². The molecular formula is C13H20BrN. The van der Waals surface area contributed by atoms with Crippen LogP contribution in [0.3, 0.4) is 0 Å². The van der Waals surface area contributed by atoms with Crippen molar-refractivity contribution in [2.24, 2.45) is 11.7 Å². The fourth-order valence-electron chi connectivity index (χ4n) is 1.78. The Morgan fingerprint density at radius 3 is 2.60 bits per heavy atom. The molecule has 2 atom stereocenters. The first-order valence-electron chi connectivity index (χ1n) is 5.56. The van der Waals surface area contributed by atoms with Crippen LogP contribution in [0.25, 0.3) is 0 Å². The molecule has 15 heavy (non-hydrogen) atoms. The highest BCUT2D eigenvalue weighted by Crippen LogP contribution is 2.25. The van der Waals surface area contributed by atoms with Gasteiger partial charge in [0.05, 0.1) is 0 Å². The van der Waals surface area contributed by atoms with Crippen LogP contribution in [0.2, 0.25) is 0 Å². The van der Waals surface area contributed by atoms with Crippen LogP contribution in [0.4, 0.5) is 0 Å². The molecule has 0 aliphatic heterocycles. The van der Waals surface area contributed by atoms with Crippen LogP contribution in [-0.2, 0) is 0 Å². The third kappa shape index (κ3) is 3.62. The van der Waals surface area contributed by atoms with Crippen molar-refractivity contribution in [3.05, 3.63) is 33.8 Å². The summed E-state index contributed by atoms with van der Waals surface area (Å²) in [4.78, 5) is 0. The van der Waals surface area contributed by atoms with Gasteiger partial charge in [0.2, 0.25) is 0 Å². The van der Waals surface area contributed by atoms with Crippen LogP contribution in [0.15, 0.2) is 22.7 Å². The summed E-state index contributed by atoms with van der Waals surface area (Å²) in [5.41, 5.74) is 8.76. The maximum Gasteiger partial charge on any atom is 0.0300 e. The van der Waals surface area contributed by atoms with Crippen LogP contribution in [0, 0.1) is 12.8 Å². The van der Waals surface area contributed by atoms with E-state index in [1.54, 1.807) is 0 Å². The summed E-state index contributed by atoms with van der Waals surface area (Å²) >= 11 is 3.47. The predicted molar refractivity (Wildman–Crippen MR) is 69.9 cm³/mol. The Kier molecular flexibility index (Phi) is 4.81. The minimum Gasteiger partial charge on any atom is -0.324 e. The summed E-state index contributed by atoms with van der Waals surface area (Å²) in [6, 6.07) is 6.50. The Morgan fingerprint density at radius 2 is 2.07 bits per heavy atom. The van der Waals surface area contributed by atoms with Crippen LogP contribution in [0.1, 0.15) is 43.9 Å². The predicted octanol–water partition coefficient (Wildman–Crippen LogP) is 4.19. The first-order valence-corrected chi connectivity index (χ1v) is 6.35. The molecule has 0 spiro atoms. The summed E-state index contributed by atoms with van der Waals surface area (Å²) < 4.78 is 1.12. The molecule has 0 saturated carbocycles. The topological polar surface area (TPSA) is 26.0 Å². The summed E-state index contributed by atoms with van der Waals surface area (Å²) in [6.45, 7) is 6.59. The minimum atomic E-state index is 0.174.